The first kappa shape index (κ1) is 17.2. The Balaban J connectivity index is 1.68. The van der Waals surface area contributed by atoms with Crippen LogP contribution >= 0.6 is 34.9 Å². The van der Waals surface area contributed by atoms with Crippen molar-refractivity contribution in [3.05, 3.63) is 30.1 Å². The number of hydrogen-bond donors (Lipinski definition) is 1. The molecule has 0 unspecified atom stereocenters. The van der Waals surface area contributed by atoms with Crippen molar-refractivity contribution in [1.29, 1.82) is 0 Å². The number of para-hydroxylation sites is 1. The van der Waals surface area contributed by atoms with Crippen molar-refractivity contribution in [2.45, 2.75) is 28.7 Å². The van der Waals surface area contributed by atoms with Crippen LogP contribution in [0.3, 0.4) is 0 Å². The molecule has 0 aliphatic carbocycles. The zero-order valence-corrected chi connectivity index (χ0v) is 15.8. The lowest BCUT2D eigenvalue weighted by atomic mass is 10.3. The molecule has 2 aromatic heterocycles. The van der Waals surface area contributed by atoms with Gasteiger partial charge >= 0.3 is 0 Å². The SMILES string of the molecule is CCn1c(CSc2nc3ccccc3s2)nnc1SCC(=O)NC. The second-order valence-electron chi connectivity index (χ2n) is 4.84. The Hall–Kier alpha value is -1.58. The van der Waals surface area contributed by atoms with Crippen LogP contribution in [0.1, 0.15) is 12.7 Å². The largest absolute Gasteiger partial charge is 0.358 e. The van der Waals surface area contributed by atoms with Crippen LogP contribution in [0.15, 0.2) is 33.8 Å². The number of aromatic nitrogens is 4. The molecule has 6 nitrogen and oxygen atoms in total. The van der Waals surface area contributed by atoms with E-state index in [2.05, 4.69) is 33.5 Å². The fourth-order valence-corrected chi connectivity index (χ4v) is 4.99. The summed E-state index contributed by atoms with van der Waals surface area (Å²) in [6.45, 7) is 2.83. The minimum Gasteiger partial charge on any atom is -0.358 e. The number of thioether (sulfide) groups is 2. The monoisotopic (exact) mass is 379 g/mol. The molecule has 3 rings (SSSR count). The third-order valence-corrected chi connectivity index (χ3v) is 6.46. The average Bonchev–Trinajstić information content (AvgIpc) is 3.20. The van der Waals surface area contributed by atoms with Gasteiger partial charge < -0.3 is 9.88 Å². The van der Waals surface area contributed by atoms with E-state index in [9.17, 15) is 4.79 Å². The lowest BCUT2D eigenvalue weighted by Crippen LogP contribution is -2.20. The first-order valence-electron chi connectivity index (χ1n) is 7.45. The van der Waals surface area contributed by atoms with E-state index in [1.54, 1.807) is 30.1 Å². The second-order valence-corrected chi connectivity index (χ2v) is 8.04. The molecule has 24 heavy (non-hydrogen) atoms. The summed E-state index contributed by atoms with van der Waals surface area (Å²) in [6.07, 6.45) is 0. The Morgan fingerprint density at radius 3 is 2.88 bits per heavy atom. The van der Waals surface area contributed by atoms with Crippen LogP contribution in [-0.4, -0.2) is 38.5 Å². The fourth-order valence-electron chi connectivity index (χ4n) is 2.09. The molecule has 0 atom stereocenters. The summed E-state index contributed by atoms with van der Waals surface area (Å²) in [5.74, 6) is 1.94. The van der Waals surface area contributed by atoms with Gasteiger partial charge in [0.2, 0.25) is 5.91 Å². The summed E-state index contributed by atoms with van der Waals surface area (Å²) in [5.41, 5.74) is 1.03. The Labute approximate surface area is 152 Å². The summed E-state index contributed by atoms with van der Waals surface area (Å²) in [7, 11) is 1.63. The fraction of sp³-hybridized carbons (Fsp3) is 0.333. The van der Waals surface area contributed by atoms with Gasteiger partial charge in [0, 0.05) is 13.6 Å². The number of rotatable bonds is 7. The molecule has 1 aromatic carbocycles. The zero-order chi connectivity index (χ0) is 16.9. The van der Waals surface area contributed by atoms with Crippen LogP contribution in [-0.2, 0) is 17.1 Å². The number of thiazole rings is 1. The number of nitrogens with zero attached hydrogens (tertiary/aromatic N) is 4. The lowest BCUT2D eigenvalue weighted by Gasteiger charge is -2.06. The predicted octanol–water partition coefficient (Wildman–Crippen LogP) is 3.04. The van der Waals surface area contributed by atoms with Gasteiger partial charge in [0.05, 0.1) is 21.7 Å². The summed E-state index contributed by atoms with van der Waals surface area (Å²) < 4.78 is 4.27. The zero-order valence-electron chi connectivity index (χ0n) is 13.4. The maximum atomic E-state index is 11.4. The topological polar surface area (TPSA) is 72.7 Å². The molecule has 3 aromatic rings. The predicted molar refractivity (Wildman–Crippen MR) is 99.7 cm³/mol. The normalized spacial score (nSPS) is 11.1. The highest BCUT2D eigenvalue weighted by Crippen LogP contribution is 2.31. The highest BCUT2D eigenvalue weighted by Gasteiger charge is 2.14. The van der Waals surface area contributed by atoms with Crippen LogP contribution in [0, 0.1) is 0 Å². The molecule has 2 heterocycles. The highest BCUT2D eigenvalue weighted by molar-refractivity contribution is 8.00. The van der Waals surface area contributed by atoms with E-state index in [4.69, 9.17) is 0 Å². The number of benzene rings is 1. The van der Waals surface area contributed by atoms with Gasteiger partial charge in [-0.15, -0.1) is 21.5 Å². The Morgan fingerprint density at radius 1 is 1.29 bits per heavy atom. The summed E-state index contributed by atoms with van der Waals surface area (Å²) >= 11 is 4.76. The van der Waals surface area contributed by atoms with Gasteiger partial charge in [-0.2, -0.15) is 0 Å². The van der Waals surface area contributed by atoms with Crippen LogP contribution < -0.4 is 5.32 Å². The molecule has 126 valence electrons. The highest BCUT2D eigenvalue weighted by atomic mass is 32.2. The van der Waals surface area contributed by atoms with E-state index in [0.29, 0.717) is 11.5 Å². The molecule has 0 aliphatic heterocycles. The molecule has 9 heteroatoms. The Bertz CT molecular complexity index is 812. The molecule has 0 bridgehead atoms. The third-order valence-electron chi connectivity index (χ3n) is 3.32. The summed E-state index contributed by atoms with van der Waals surface area (Å²) in [4.78, 5) is 16.0. The van der Waals surface area contributed by atoms with E-state index < -0.39 is 0 Å². The number of hydrogen-bond acceptors (Lipinski definition) is 7. The molecule has 1 amide bonds. The minimum atomic E-state index is -0.0175. The molecular weight excluding hydrogens is 362 g/mol. The number of fused-ring (bicyclic) bond motifs is 1. The molecule has 0 saturated carbocycles. The summed E-state index contributed by atoms with van der Waals surface area (Å²) in [5, 5.41) is 11.9. The first-order chi connectivity index (χ1) is 11.7. The maximum absolute atomic E-state index is 11.4. The van der Waals surface area contributed by atoms with Crippen molar-refractivity contribution in [2.75, 3.05) is 12.8 Å². The van der Waals surface area contributed by atoms with Crippen LogP contribution in [0.4, 0.5) is 0 Å². The number of amides is 1. The van der Waals surface area contributed by atoms with Crippen molar-refractivity contribution < 1.29 is 4.79 Å². The smallest absolute Gasteiger partial charge is 0.230 e. The lowest BCUT2D eigenvalue weighted by molar-refractivity contribution is -0.118. The number of nitrogens with one attached hydrogen (secondary N) is 1. The van der Waals surface area contributed by atoms with Crippen molar-refractivity contribution >= 4 is 51.0 Å². The average molecular weight is 380 g/mol. The molecular formula is C15H17N5OS3. The van der Waals surface area contributed by atoms with E-state index in [-0.39, 0.29) is 5.91 Å². The number of carbonyl (C=O) groups is 1. The Morgan fingerprint density at radius 2 is 2.12 bits per heavy atom. The van der Waals surface area contributed by atoms with Crippen molar-refractivity contribution in [3.63, 3.8) is 0 Å². The molecule has 1 N–H and O–H groups in total. The number of carbonyl (C=O) groups excluding carboxylic acids is 1. The van der Waals surface area contributed by atoms with Crippen molar-refractivity contribution in [3.8, 4) is 0 Å². The van der Waals surface area contributed by atoms with Crippen molar-refractivity contribution in [2.24, 2.45) is 0 Å². The molecule has 0 radical (unpaired) electrons. The Kier molecular flexibility index (Phi) is 5.75. The van der Waals surface area contributed by atoms with Gasteiger partial charge in [0.15, 0.2) is 9.50 Å². The molecule has 0 spiro atoms. The van der Waals surface area contributed by atoms with Crippen LogP contribution in [0.5, 0.6) is 0 Å². The van der Waals surface area contributed by atoms with E-state index in [1.165, 1.54) is 16.5 Å². The third kappa shape index (κ3) is 3.90. The van der Waals surface area contributed by atoms with Gasteiger partial charge in [0.25, 0.3) is 0 Å². The first-order valence-corrected chi connectivity index (χ1v) is 10.2. The van der Waals surface area contributed by atoms with Gasteiger partial charge in [-0.1, -0.05) is 35.7 Å². The van der Waals surface area contributed by atoms with E-state index in [1.807, 2.05) is 22.8 Å². The van der Waals surface area contributed by atoms with Gasteiger partial charge in [-0.25, -0.2) is 4.98 Å². The molecule has 0 fully saturated rings. The quantitative estimate of drug-likeness (QED) is 0.636. The second kappa shape index (κ2) is 8.00. The maximum Gasteiger partial charge on any atom is 0.230 e. The van der Waals surface area contributed by atoms with Crippen molar-refractivity contribution in [1.82, 2.24) is 25.1 Å². The van der Waals surface area contributed by atoms with E-state index in [0.717, 1.165) is 27.4 Å². The molecule has 0 aliphatic rings. The minimum absolute atomic E-state index is 0.0175. The van der Waals surface area contributed by atoms with Gasteiger partial charge in [-0.05, 0) is 19.1 Å². The summed E-state index contributed by atoms with van der Waals surface area (Å²) in [6, 6.07) is 8.13. The van der Waals surface area contributed by atoms with Crippen LogP contribution in [0.2, 0.25) is 0 Å². The molecule has 0 saturated heterocycles. The van der Waals surface area contributed by atoms with Gasteiger partial charge in [-0.3, -0.25) is 4.79 Å². The van der Waals surface area contributed by atoms with Crippen LogP contribution in [0.25, 0.3) is 10.2 Å². The van der Waals surface area contributed by atoms with E-state index >= 15 is 0 Å². The van der Waals surface area contributed by atoms with Gasteiger partial charge in [0.1, 0.15) is 5.82 Å². The standard InChI is InChI=1S/C15H17N5OS3/c1-3-20-12(18-19-14(20)22-9-13(21)16-2)8-23-15-17-10-6-4-5-7-11(10)24-15/h4-7H,3,8-9H2,1-2H3,(H,16,21).